The second-order valence-corrected chi connectivity index (χ2v) is 5.51. The Balaban J connectivity index is 1.97. The number of halogens is 2. The Morgan fingerprint density at radius 3 is 3.00 bits per heavy atom. The van der Waals surface area contributed by atoms with Crippen LogP contribution in [0.25, 0.3) is 0 Å². The Morgan fingerprint density at radius 1 is 1.71 bits per heavy atom. The molecule has 1 saturated heterocycles. The van der Waals surface area contributed by atoms with Crippen molar-refractivity contribution in [1.29, 1.82) is 0 Å². The highest BCUT2D eigenvalue weighted by atomic mass is 127. The van der Waals surface area contributed by atoms with Crippen molar-refractivity contribution in [1.82, 2.24) is 9.78 Å². The monoisotopic (exact) mass is 370 g/mol. The van der Waals surface area contributed by atoms with E-state index in [9.17, 15) is 0 Å². The lowest BCUT2D eigenvalue weighted by Crippen LogP contribution is -2.16. The summed E-state index contributed by atoms with van der Waals surface area (Å²) in [5.74, 6) is 0. The first-order valence-corrected chi connectivity index (χ1v) is 6.56. The molecule has 0 bridgehead atoms. The molecule has 0 aromatic carbocycles. The molecule has 2 atom stereocenters. The number of aromatic nitrogens is 2. The van der Waals surface area contributed by atoms with Crippen molar-refractivity contribution < 1.29 is 4.74 Å². The third-order valence-corrected chi connectivity index (χ3v) is 4.50. The first-order chi connectivity index (χ1) is 6.65. The van der Waals surface area contributed by atoms with Gasteiger partial charge in [-0.25, -0.2) is 0 Å². The van der Waals surface area contributed by atoms with Gasteiger partial charge in [0.1, 0.15) is 3.70 Å². The largest absolute Gasteiger partial charge is 0.373 e. The lowest BCUT2D eigenvalue weighted by molar-refractivity contribution is 0.0436. The summed E-state index contributed by atoms with van der Waals surface area (Å²) in [6.07, 6.45) is 5.08. The summed E-state index contributed by atoms with van der Waals surface area (Å²) in [6.45, 7) is 2.99. The van der Waals surface area contributed by atoms with E-state index in [1.807, 2.05) is 10.9 Å². The van der Waals surface area contributed by atoms with Crippen LogP contribution in [0.2, 0.25) is 0 Å². The molecule has 1 aromatic heterocycles. The van der Waals surface area contributed by atoms with Gasteiger partial charge in [-0.15, -0.1) is 0 Å². The molecule has 1 aliphatic heterocycles. The van der Waals surface area contributed by atoms with Gasteiger partial charge in [-0.05, 0) is 58.3 Å². The van der Waals surface area contributed by atoms with E-state index >= 15 is 0 Å². The molecule has 3 nitrogen and oxygen atoms in total. The minimum absolute atomic E-state index is 0.340. The molecule has 0 N–H and O–H groups in total. The molecule has 0 spiro atoms. The predicted octanol–water partition coefficient (Wildman–Crippen LogP) is 2.82. The lowest BCUT2D eigenvalue weighted by atomic mass is 10.2. The molecule has 2 unspecified atom stereocenters. The molecular weight excluding hydrogens is 359 g/mol. The van der Waals surface area contributed by atoms with Crippen molar-refractivity contribution in [3.8, 4) is 0 Å². The average molecular weight is 371 g/mol. The lowest BCUT2D eigenvalue weighted by Gasteiger charge is -2.10. The summed E-state index contributed by atoms with van der Waals surface area (Å²) in [6, 6.07) is 0. The summed E-state index contributed by atoms with van der Waals surface area (Å²) >= 11 is 5.66. The van der Waals surface area contributed by atoms with Crippen LogP contribution in [0.5, 0.6) is 0 Å². The Morgan fingerprint density at radius 2 is 2.50 bits per heavy atom. The van der Waals surface area contributed by atoms with Crippen molar-refractivity contribution in [3.05, 3.63) is 14.4 Å². The zero-order valence-corrected chi connectivity index (χ0v) is 11.7. The van der Waals surface area contributed by atoms with Gasteiger partial charge in [0.15, 0.2) is 0 Å². The maximum absolute atomic E-state index is 5.74. The first kappa shape index (κ1) is 10.9. The maximum Gasteiger partial charge on any atom is 0.137 e. The molecular formula is C9H12BrIN2O. The van der Waals surface area contributed by atoms with Gasteiger partial charge in [-0.3, -0.25) is 4.68 Å². The van der Waals surface area contributed by atoms with Gasteiger partial charge in [0.25, 0.3) is 0 Å². The van der Waals surface area contributed by atoms with Crippen molar-refractivity contribution in [2.45, 2.75) is 38.5 Å². The molecule has 1 aromatic rings. The van der Waals surface area contributed by atoms with Gasteiger partial charge in [0, 0.05) is 6.20 Å². The van der Waals surface area contributed by atoms with E-state index in [1.54, 1.807) is 0 Å². The molecule has 0 aliphatic carbocycles. The summed E-state index contributed by atoms with van der Waals surface area (Å²) in [5.41, 5.74) is 0. The van der Waals surface area contributed by atoms with Crippen LogP contribution in [0.1, 0.15) is 19.8 Å². The van der Waals surface area contributed by atoms with Gasteiger partial charge in [0.05, 0.1) is 23.2 Å². The van der Waals surface area contributed by atoms with Gasteiger partial charge >= 0.3 is 0 Å². The van der Waals surface area contributed by atoms with E-state index < -0.39 is 0 Å². The van der Waals surface area contributed by atoms with E-state index in [0.717, 1.165) is 21.1 Å². The quantitative estimate of drug-likeness (QED) is 0.748. The van der Waals surface area contributed by atoms with Crippen LogP contribution in [0.3, 0.4) is 0 Å². The van der Waals surface area contributed by atoms with Crippen LogP contribution in [-0.2, 0) is 11.3 Å². The van der Waals surface area contributed by atoms with Crippen molar-refractivity contribution >= 4 is 38.5 Å². The van der Waals surface area contributed by atoms with E-state index in [0.29, 0.717) is 12.2 Å². The van der Waals surface area contributed by atoms with E-state index in [4.69, 9.17) is 4.74 Å². The standard InChI is InChI=1S/C9H12BrIN2O/c1-6-2-3-7(14-6)4-13-5-8(10)9(11)12-13/h5-7H,2-4H2,1H3. The molecule has 1 fully saturated rings. The van der Waals surface area contributed by atoms with Crippen LogP contribution in [0.4, 0.5) is 0 Å². The minimum atomic E-state index is 0.340. The average Bonchev–Trinajstić information content (AvgIpc) is 2.62. The van der Waals surface area contributed by atoms with Crippen molar-refractivity contribution in [2.24, 2.45) is 0 Å². The Kier molecular flexibility index (Phi) is 3.49. The van der Waals surface area contributed by atoms with Crippen LogP contribution >= 0.6 is 38.5 Å². The van der Waals surface area contributed by atoms with Crippen molar-refractivity contribution in [3.63, 3.8) is 0 Å². The normalized spacial score (nSPS) is 27.1. The second kappa shape index (κ2) is 4.49. The van der Waals surface area contributed by atoms with Crippen LogP contribution in [-0.4, -0.2) is 22.0 Å². The van der Waals surface area contributed by atoms with Gasteiger partial charge in [-0.1, -0.05) is 0 Å². The zero-order valence-electron chi connectivity index (χ0n) is 7.91. The van der Waals surface area contributed by atoms with Crippen LogP contribution in [0.15, 0.2) is 10.7 Å². The molecule has 1 aliphatic rings. The number of nitrogens with zero attached hydrogens (tertiary/aromatic N) is 2. The maximum atomic E-state index is 5.74. The van der Waals surface area contributed by atoms with Crippen molar-refractivity contribution in [2.75, 3.05) is 0 Å². The fourth-order valence-electron chi connectivity index (χ4n) is 1.70. The summed E-state index contributed by atoms with van der Waals surface area (Å²) in [5, 5.41) is 4.38. The molecule has 0 radical (unpaired) electrons. The molecule has 78 valence electrons. The van der Waals surface area contributed by atoms with E-state index in [2.05, 4.69) is 50.5 Å². The van der Waals surface area contributed by atoms with Gasteiger partial charge < -0.3 is 4.74 Å². The topological polar surface area (TPSA) is 27.1 Å². The highest BCUT2D eigenvalue weighted by molar-refractivity contribution is 14.1. The summed E-state index contributed by atoms with van der Waals surface area (Å²) in [7, 11) is 0. The summed E-state index contributed by atoms with van der Waals surface area (Å²) < 4.78 is 9.76. The van der Waals surface area contributed by atoms with Gasteiger partial charge in [-0.2, -0.15) is 5.10 Å². The number of rotatable bonds is 2. The fraction of sp³-hybridized carbons (Fsp3) is 0.667. The highest BCUT2D eigenvalue weighted by Crippen LogP contribution is 2.22. The van der Waals surface area contributed by atoms with E-state index in [-0.39, 0.29) is 0 Å². The molecule has 14 heavy (non-hydrogen) atoms. The molecule has 2 heterocycles. The molecule has 2 rings (SSSR count). The minimum Gasteiger partial charge on any atom is -0.373 e. The predicted molar refractivity (Wildman–Crippen MR) is 66.2 cm³/mol. The van der Waals surface area contributed by atoms with E-state index in [1.165, 1.54) is 6.42 Å². The molecule has 0 saturated carbocycles. The van der Waals surface area contributed by atoms with Gasteiger partial charge in [0.2, 0.25) is 0 Å². The number of ether oxygens (including phenoxy) is 1. The smallest absolute Gasteiger partial charge is 0.137 e. The van der Waals surface area contributed by atoms with Crippen LogP contribution in [0, 0.1) is 3.70 Å². The number of hydrogen-bond acceptors (Lipinski definition) is 2. The fourth-order valence-corrected chi connectivity index (χ4v) is 2.43. The molecule has 0 amide bonds. The SMILES string of the molecule is CC1CCC(Cn2cc(Br)c(I)n2)O1. The first-order valence-electron chi connectivity index (χ1n) is 4.69. The highest BCUT2D eigenvalue weighted by Gasteiger charge is 2.22. The zero-order chi connectivity index (χ0) is 10.1. The Hall–Kier alpha value is 0.380. The Labute approximate surface area is 105 Å². The number of hydrogen-bond donors (Lipinski definition) is 0. The second-order valence-electron chi connectivity index (χ2n) is 3.64. The third-order valence-electron chi connectivity index (χ3n) is 2.39. The summed E-state index contributed by atoms with van der Waals surface area (Å²) in [4.78, 5) is 0. The third kappa shape index (κ3) is 2.49. The Bertz CT molecular complexity index is 309. The van der Waals surface area contributed by atoms with Crippen LogP contribution < -0.4 is 0 Å². The molecule has 5 heteroatoms.